The number of halogens is 2. The zero-order valence-electron chi connectivity index (χ0n) is 22.1. The predicted octanol–water partition coefficient (Wildman–Crippen LogP) is 10.6. The van der Waals surface area contributed by atoms with Crippen LogP contribution in [0.25, 0.3) is 21.5 Å². The molecule has 0 heterocycles. The SMILES string of the molecule is Oc1ccc(Cl)cc1N=Nc1c(O)ccc2ccccc12.Oc1ccc(Cl)cc1N=Nc1c(O)ccc2ccccc12.[Fe]. The molecule has 6 aromatic carbocycles. The summed E-state index contributed by atoms with van der Waals surface area (Å²) in [5, 5.41) is 59.8. The Bertz CT molecular complexity index is 1840. The van der Waals surface area contributed by atoms with Crippen molar-refractivity contribution in [3.63, 3.8) is 0 Å². The van der Waals surface area contributed by atoms with Crippen molar-refractivity contribution in [3.05, 3.63) is 119 Å². The van der Waals surface area contributed by atoms with Gasteiger partial charge in [0.15, 0.2) is 0 Å². The first kappa shape index (κ1) is 31.3. The third-order valence-corrected chi connectivity index (χ3v) is 6.62. The van der Waals surface area contributed by atoms with Crippen LogP contribution in [0.1, 0.15) is 0 Å². The molecule has 0 saturated heterocycles. The summed E-state index contributed by atoms with van der Waals surface area (Å²) >= 11 is 11.7. The first-order valence-corrected chi connectivity index (χ1v) is 13.3. The third-order valence-electron chi connectivity index (χ3n) is 6.15. The van der Waals surface area contributed by atoms with E-state index >= 15 is 0 Å². The third kappa shape index (κ3) is 7.41. The van der Waals surface area contributed by atoms with E-state index < -0.39 is 0 Å². The molecule has 0 aliphatic rings. The fourth-order valence-electron chi connectivity index (χ4n) is 4.06. The van der Waals surface area contributed by atoms with Crippen LogP contribution >= 0.6 is 23.2 Å². The standard InChI is InChI=1S/2C16H11ClN2O2.Fe/c2*17-11-6-8-14(20)13(9-11)18-19-16-12-4-2-1-3-10(12)5-7-15(16)21;/h2*1-9,20-21H;. The van der Waals surface area contributed by atoms with E-state index in [-0.39, 0.29) is 51.4 Å². The van der Waals surface area contributed by atoms with Crippen molar-refractivity contribution in [2.45, 2.75) is 0 Å². The van der Waals surface area contributed by atoms with Gasteiger partial charge < -0.3 is 20.4 Å². The summed E-state index contributed by atoms with van der Waals surface area (Å²) in [4.78, 5) is 0. The zero-order valence-corrected chi connectivity index (χ0v) is 24.7. The molecule has 0 spiro atoms. The largest absolute Gasteiger partial charge is 0.506 e. The van der Waals surface area contributed by atoms with Gasteiger partial charge in [-0.3, -0.25) is 0 Å². The van der Waals surface area contributed by atoms with Crippen molar-refractivity contribution in [3.8, 4) is 23.0 Å². The van der Waals surface area contributed by atoms with E-state index in [0.29, 0.717) is 21.4 Å². The molecule has 0 saturated carbocycles. The monoisotopic (exact) mass is 652 g/mol. The second-order valence-corrected chi connectivity index (χ2v) is 9.85. The van der Waals surface area contributed by atoms with Crippen LogP contribution in [0.15, 0.2) is 130 Å². The minimum atomic E-state index is -0.0251. The number of phenols is 4. The van der Waals surface area contributed by atoms with Crippen LogP contribution in [-0.4, -0.2) is 20.4 Å². The fourth-order valence-corrected chi connectivity index (χ4v) is 4.39. The number of hydrogen-bond donors (Lipinski definition) is 4. The number of phenolic OH excluding ortho intramolecular Hbond substituents is 4. The molecule has 0 bridgehead atoms. The summed E-state index contributed by atoms with van der Waals surface area (Å²) in [6.07, 6.45) is 0. The van der Waals surface area contributed by atoms with Crippen LogP contribution < -0.4 is 0 Å². The molecule has 0 aliphatic heterocycles. The maximum absolute atomic E-state index is 9.97. The van der Waals surface area contributed by atoms with E-state index in [4.69, 9.17) is 23.2 Å². The quantitative estimate of drug-likeness (QED) is 0.111. The Morgan fingerprint density at radius 2 is 0.791 bits per heavy atom. The fraction of sp³-hybridized carbons (Fsp3) is 0. The van der Waals surface area contributed by atoms with Crippen LogP contribution in [-0.2, 0) is 17.1 Å². The minimum Gasteiger partial charge on any atom is -0.506 e. The number of fused-ring (bicyclic) bond motifs is 2. The smallest absolute Gasteiger partial charge is 0.143 e. The Balaban J connectivity index is 0.000000192. The normalized spacial score (nSPS) is 11.0. The second-order valence-electron chi connectivity index (χ2n) is 8.97. The van der Waals surface area contributed by atoms with Crippen molar-refractivity contribution >= 4 is 67.5 Å². The van der Waals surface area contributed by atoms with E-state index in [1.165, 1.54) is 24.3 Å². The van der Waals surface area contributed by atoms with Crippen molar-refractivity contribution in [2.75, 3.05) is 0 Å². The summed E-state index contributed by atoms with van der Waals surface area (Å²) in [6, 6.07) is 30.8. The van der Waals surface area contributed by atoms with Crippen molar-refractivity contribution in [2.24, 2.45) is 20.5 Å². The Morgan fingerprint density at radius 3 is 1.21 bits per heavy atom. The Labute approximate surface area is 266 Å². The summed E-state index contributed by atoms with van der Waals surface area (Å²) in [7, 11) is 0. The molecular weight excluding hydrogens is 631 g/mol. The van der Waals surface area contributed by atoms with Gasteiger partial charge in [0.2, 0.25) is 0 Å². The van der Waals surface area contributed by atoms with Crippen molar-refractivity contribution in [1.29, 1.82) is 0 Å². The van der Waals surface area contributed by atoms with Gasteiger partial charge in [0, 0.05) is 37.9 Å². The molecule has 0 radical (unpaired) electrons. The average molecular weight is 653 g/mol. The molecule has 0 aliphatic carbocycles. The summed E-state index contributed by atoms with van der Waals surface area (Å²) in [5.74, 6) is 0.00342. The molecule has 0 unspecified atom stereocenters. The van der Waals surface area contributed by atoms with Crippen LogP contribution in [0.4, 0.5) is 22.7 Å². The molecule has 0 fully saturated rings. The van der Waals surface area contributed by atoms with Gasteiger partial charge >= 0.3 is 0 Å². The van der Waals surface area contributed by atoms with Gasteiger partial charge in [0.25, 0.3) is 0 Å². The average Bonchev–Trinajstić information content (AvgIpc) is 2.99. The van der Waals surface area contributed by atoms with Crippen LogP contribution in [0, 0.1) is 0 Å². The molecule has 43 heavy (non-hydrogen) atoms. The number of aromatic hydroxyl groups is 4. The van der Waals surface area contributed by atoms with Crippen molar-refractivity contribution < 1.29 is 37.5 Å². The zero-order chi connectivity index (χ0) is 29.6. The van der Waals surface area contributed by atoms with Gasteiger partial charge in [-0.15, -0.1) is 20.5 Å². The number of azo groups is 2. The van der Waals surface area contributed by atoms with Gasteiger partial charge in [-0.1, -0.05) is 83.9 Å². The number of nitrogens with zero attached hydrogens (tertiary/aromatic N) is 4. The maximum Gasteiger partial charge on any atom is 0.143 e. The molecule has 0 aromatic heterocycles. The van der Waals surface area contributed by atoms with E-state index in [1.807, 2.05) is 48.5 Å². The van der Waals surface area contributed by atoms with E-state index in [0.717, 1.165) is 21.5 Å². The van der Waals surface area contributed by atoms with Crippen LogP contribution in [0.3, 0.4) is 0 Å². The topological polar surface area (TPSA) is 130 Å². The van der Waals surface area contributed by atoms with Gasteiger partial charge in [0.1, 0.15) is 45.7 Å². The molecule has 0 amide bonds. The minimum absolute atomic E-state index is 0. The van der Waals surface area contributed by atoms with Crippen molar-refractivity contribution in [1.82, 2.24) is 0 Å². The first-order valence-electron chi connectivity index (χ1n) is 12.5. The first-order chi connectivity index (χ1) is 20.3. The van der Waals surface area contributed by atoms with Crippen LogP contribution in [0.2, 0.25) is 10.0 Å². The van der Waals surface area contributed by atoms with E-state index in [1.54, 1.807) is 36.4 Å². The summed E-state index contributed by atoms with van der Waals surface area (Å²) in [6.45, 7) is 0. The number of hydrogen-bond acceptors (Lipinski definition) is 8. The molecule has 6 aromatic rings. The molecule has 4 N–H and O–H groups in total. The van der Waals surface area contributed by atoms with E-state index in [2.05, 4.69) is 20.5 Å². The Kier molecular flexibility index (Phi) is 10.2. The molecule has 11 heteroatoms. The molecular formula is C32H22Cl2FeN4O4. The summed E-state index contributed by atoms with van der Waals surface area (Å²) < 4.78 is 0. The number of benzene rings is 6. The molecule has 8 nitrogen and oxygen atoms in total. The van der Waals surface area contributed by atoms with Gasteiger partial charge in [-0.05, 0) is 59.3 Å². The Hall–Kier alpha value is -4.66. The Morgan fingerprint density at radius 1 is 0.419 bits per heavy atom. The van der Waals surface area contributed by atoms with Gasteiger partial charge in [-0.2, -0.15) is 0 Å². The predicted molar refractivity (Wildman–Crippen MR) is 166 cm³/mol. The second kappa shape index (κ2) is 14.0. The van der Waals surface area contributed by atoms with E-state index in [9.17, 15) is 20.4 Å². The van der Waals surface area contributed by atoms with Crippen LogP contribution in [0.5, 0.6) is 23.0 Å². The van der Waals surface area contributed by atoms with Gasteiger partial charge in [0.05, 0.1) is 0 Å². The van der Waals surface area contributed by atoms with Gasteiger partial charge in [-0.25, -0.2) is 0 Å². The maximum atomic E-state index is 9.97. The molecule has 216 valence electrons. The molecule has 6 rings (SSSR count). The molecule has 0 atom stereocenters. The summed E-state index contributed by atoms with van der Waals surface area (Å²) in [5.41, 5.74) is 1.20. The number of rotatable bonds is 4.